The maximum absolute atomic E-state index is 7.12. The van der Waals surface area contributed by atoms with Gasteiger partial charge in [-0.05, 0) is 123 Å². The van der Waals surface area contributed by atoms with Crippen LogP contribution >= 0.6 is 0 Å². The van der Waals surface area contributed by atoms with E-state index in [0.717, 1.165) is 61.4 Å². The zero-order chi connectivity index (χ0) is 27.6. The molecule has 2 saturated heterocycles. The van der Waals surface area contributed by atoms with E-state index in [1.54, 1.807) is 0 Å². The van der Waals surface area contributed by atoms with Gasteiger partial charge in [0.05, 0.1) is 6.10 Å². The highest BCUT2D eigenvalue weighted by Crippen LogP contribution is 2.71. The normalized spacial score (nSPS) is 51.3. The molecule has 4 saturated carbocycles. The van der Waals surface area contributed by atoms with Crippen LogP contribution in [0.1, 0.15) is 131 Å². The van der Waals surface area contributed by atoms with Crippen LogP contribution in [0.3, 0.4) is 0 Å². The van der Waals surface area contributed by atoms with Gasteiger partial charge in [0, 0.05) is 30.6 Å². The molecule has 1 spiro atoms. The zero-order valence-corrected chi connectivity index (χ0v) is 26.5. The van der Waals surface area contributed by atoms with Crippen LogP contribution < -0.4 is 16.4 Å². The lowest BCUT2D eigenvalue weighted by Crippen LogP contribution is -2.58. The highest BCUT2D eigenvalue weighted by atomic mass is 16.5. The SMILES string of the molecule is CCCC(N)(CCC)CNC1CC[C@@]2(C)[C@@H](CC[C@@H]3[C@@H]2CC[C@]2(C)[C@@H]4[C@H](C[C@@H]32)O[C@@]2(CC[C@H](C)CN2)[C@H]4C)C1. The highest BCUT2D eigenvalue weighted by molar-refractivity contribution is 5.16. The summed E-state index contributed by atoms with van der Waals surface area (Å²) >= 11 is 0. The second-order valence-electron chi connectivity index (χ2n) is 16.5. The van der Waals surface area contributed by atoms with E-state index in [1.807, 2.05) is 0 Å². The van der Waals surface area contributed by atoms with Gasteiger partial charge >= 0.3 is 0 Å². The van der Waals surface area contributed by atoms with Crippen molar-refractivity contribution in [3.63, 3.8) is 0 Å². The van der Waals surface area contributed by atoms with Crippen LogP contribution in [0.2, 0.25) is 0 Å². The van der Waals surface area contributed by atoms with E-state index in [9.17, 15) is 0 Å². The quantitative estimate of drug-likeness (QED) is 0.317. The Morgan fingerprint density at radius 1 is 0.897 bits per heavy atom. The number of hydrogen-bond acceptors (Lipinski definition) is 4. The Kier molecular flexibility index (Phi) is 7.81. The van der Waals surface area contributed by atoms with Gasteiger partial charge in [0.2, 0.25) is 0 Å². The molecular weight excluding hydrogens is 478 g/mol. The van der Waals surface area contributed by atoms with Crippen molar-refractivity contribution in [3.05, 3.63) is 0 Å². The van der Waals surface area contributed by atoms with Crippen molar-refractivity contribution in [2.75, 3.05) is 13.1 Å². The van der Waals surface area contributed by atoms with Crippen LogP contribution in [0.25, 0.3) is 0 Å². The fourth-order valence-electron chi connectivity index (χ4n) is 12.3. The molecule has 0 aromatic carbocycles. The number of piperidine rings is 1. The van der Waals surface area contributed by atoms with Gasteiger partial charge in [-0.1, -0.05) is 54.4 Å². The second kappa shape index (κ2) is 10.5. The number of rotatable bonds is 7. The monoisotopic (exact) mass is 541 g/mol. The molecular formula is C35H63N3O. The number of nitrogens with one attached hydrogen (secondary N) is 2. The van der Waals surface area contributed by atoms with Crippen LogP contribution in [-0.4, -0.2) is 36.5 Å². The summed E-state index contributed by atoms with van der Waals surface area (Å²) in [5, 5.41) is 7.95. The minimum absolute atomic E-state index is 0.0144. The van der Waals surface area contributed by atoms with Crippen LogP contribution in [0.5, 0.6) is 0 Å². The average molecular weight is 542 g/mol. The predicted octanol–water partition coefficient (Wildman–Crippen LogP) is 7.26. The molecule has 4 N–H and O–H groups in total. The summed E-state index contributed by atoms with van der Waals surface area (Å²) < 4.78 is 7.12. The molecule has 0 bridgehead atoms. The third kappa shape index (κ3) is 4.69. The van der Waals surface area contributed by atoms with Crippen LogP contribution in [0.15, 0.2) is 0 Å². The Morgan fingerprint density at radius 3 is 2.33 bits per heavy atom. The van der Waals surface area contributed by atoms with Gasteiger partial charge in [-0.3, -0.25) is 5.32 Å². The summed E-state index contributed by atoms with van der Waals surface area (Å²) in [5.74, 6) is 5.81. The number of ether oxygens (including phenoxy) is 1. The zero-order valence-electron chi connectivity index (χ0n) is 26.5. The Balaban J connectivity index is 1.12. The summed E-state index contributed by atoms with van der Waals surface area (Å²) in [6, 6.07) is 0.673. The van der Waals surface area contributed by atoms with Gasteiger partial charge < -0.3 is 15.8 Å². The summed E-state index contributed by atoms with van der Waals surface area (Å²) in [5.41, 5.74) is 7.84. The lowest BCUT2D eigenvalue weighted by molar-refractivity contribution is -0.134. The molecule has 6 fully saturated rings. The molecule has 0 aromatic rings. The van der Waals surface area contributed by atoms with Gasteiger partial charge in [-0.15, -0.1) is 0 Å². The molecule has 0 radical (unpaired) electrons. The van der Waals surface area contributed by atoms with Crippen molar-refractivity contribution in [3.8, 4) is 0 Å². The number of fused-ring (bicyclic) bond motifs is 7. The molecule has 4 nitrogen and oxygen atoms in total. The van der Waals surface area contributed by atoms with E-state index in [1.165, 1.54) is 77.0 Å². The lowest BCUT2D eigenvalue weighted by Gasteiger charge is -2.61. The molecule has 0 amide bonds. The van der Waals surface area contributed by atoms with Crippen molar-refractivity contribution in [1.29, 1.82) is 0 Å². The third-order valence-electron chi connectivity index (χ3n) is 14.4. The first-order valence-electron chi connectivity index (χ1n) is 17.5. The molecule has 12 atom stereocenters. The van der Waals surface area contributed by atoms with E-state index in [-0.39, 0.29) is 11.3 Å². The first-order valence-corrected chi connectivity index (χ1v) is 17.5. The fourth-order valence-corrected chi connectivity index (χ4v) is 12.3. The molecule has 2 heterocycles. The molecule has 224 valence electrons. The molecule has 6 aliphatic rings. The Hall–Kier alpha value is -0.160. The second-order valence-corrected chi connectivity index (χ2v) is 16.5. The smallest absolute Gasteiger partial charge is 0.122 e. The summed E-state index contributed by atoms with van der Waals surface area (Å²) in [6.07, 6.45) is 19.0. The minimum Gasteiger partial charge on any atom is -0.357 e. The van der Waals surface area contributed by atoms with Crippen molar-refractivity contribution in [1.82, 2.24) is 10.6 Å². The van der Waals surface area contributed by atoms with Crippen molar-refractivity contribution in [2.24, 2.45) is 58.0 Å². The largest absolute Gasteiger partial charge is 0.357 e. The van der Waals surface area contributed by atoms with E-state index in [2.05, 4.69) is 52.2 Å². The van der Waals surface area contributed by atoms with Gasteiger partial charge in [-0.2, -0.15) is 0 Å². The first-order chi connectivity index (χ1) is 18.6. The molecule has 4 heteroatoms. The average Bonchev–Trinajstić information content (AvgIpc) is 3.35. The fraction of sp³-hybridized carbons (Fsp3) is 1.00. The van der Waals surface area contributed by atoms with E-state index < -0.39 is 0 Å². The maximum atomic E-state index is 7.12. The summed E-state index contributed by atoms with van der Waals surface area (Å²) in [4.78, 5) is 0. The van der Waals surface area contributed by atoms with Crippen LogP contribution in [-0.2, 0) is 4.74 Å². The predicted molar refractivity (Wildman–Crippen MR) is 162 cm³/mol. The van der Waals surface area contributed by atoms with Crippen LogP contribution in [0, 0.1) is 52.3 Å². The Labute approximate surface area is 241 Å². The maximum Gasteiger partial charge on any atom is 0.122 e. The minimum atomic E-state index is -0.0307. The van der Waals surface area contributed by atoms with Crippen molar-refractivity contribution < 1.29 is 4.74 Å². The lowest BCUT2D eigenvalue weighted by atomic mass is 9.44. The Bertz CT molecular complexity index is 862. The number of nitrogens with two attached hydrogens (primary N) is 1. The van der Waals surface area contributed by atoms with Gasteiger partial charge in [0.15, 0.2) is 0 Å². The molecule has 6 rings (SSSR count). The Morgan fingerprint density at radius 2 is 1.64 bits per heavy atom. The van der Waals surface area contributed by atoms with Crippen molar-refractivity contribution >= 4 is 0 Å². The standard InChI is InChI=1S/C35H63N3O/c1-7-14-34(36,15-8-2)22-37-26-12-16-32(5)25(19-26)9-10-27-28(32)13-17-33(6)29(27)20-30-31(33)24(4)35(39-30)18-11-23(3)21-38-35/h23-31,37-38H,7-22,36H2,1-6H3/t23-,24-,25-,26?,27+,28-,29-,30-,31-,32-,33-,35-/m0/s1. The number of hydrogen-bond donors (Lipinski definition) is 3. The summed E-state index contributed by atoms with van der Waals surface area (Å²) in [6.45, 7) is 17.1. The van der Waals surface area contributed by atoms with E-state index >= 15 is 0 Å². The topological polar surface area (TPSA) is 59.3 Å². The van der Waals surface area contributed by atoms with Crippen LogP contribution in [0.4, 0.5) is 0 Å². The van der Waals surface area contributed by atoms with E-state index in [0.29, 0.717) is 28.9 Å². The van der Waals surface area contributed by atoms with Gasteiger partial charge in [0.25, 0.3) is 0 Å². The molecule has 2 aliphatic heterocycles. The third-order valence-corrected chi connectivity index (χ3v) is 14.4. The molecule has 1 unspecified atom stereocenters. The summed E-state index contributed by atoms with van der Waals surface area (Å²) in [7, 11) is 0. The first kappa shape index (κ1) is 28.9. The van der Waals surface area contributed by atoms with Crippen molar-refractivity contribution in [2.45, 2.75) is 155 Å². The highest BCUT2D eigenvalue weighted by Gasteiger charge is 2.68. The van der Waals surface area contributed by atoms with Gasteiger partial charge in [0.1, 0.15) is 5.72 Å². The molecule has 0 aromatic heterocycles. The molecule has 39 heavy (non-hydrogen) atoms. The van der Waals surface area contributed by atoms with Gasteiger partial charge in [-0.25, -0.2) is 0 Å². The van der Waals surface area contributed by atoms with E-state index in [4.69, 9.17) is 10.5 Å². The molecule has 4 aliphatic carbocycles.